The molecule has 3 unspecified atom stereocenters. The minimum absolute atomic E-state index is 0.204. The van der Waals surface area contributed by atoms with Crippen LogP contribution in [0.1, 0.15) is 19.3 Å². The van der Waals surface area contributed by atoms with Gasteiger partial charge < -0.3 is 5.73 Å². The Morgan fingerprint density at radius 2 is 2.22 bits per heavy atom. The van der Waals surface area contributed by atoms with Crippen molar-refractivity contribution < 1.29 is 4.21 Å². The van der Waals surface area contributed by atoms with Gasteiger partial charge in [-0.05, 0) is 12.8 Å². The third kappa shape index (κ3) is 1.52. The van der Waals surface area contributed by atoms with Gasteiger partial charge in [0.1, 0.15) is 0 Å². The summed E-state index contributed by atoms with van der Waals surface area (Å²) >= 11 is 0. The van der Waals surface area contributed by atoms with Gasteiger partial charge in [0.15, 0.2) is 0 Å². The smallest absolute Gasteiger partial charge is 0.0496 e. The maximum Gasteiger partial charge on any atom is 0.0496 e. The molecule has 0 saturated heterocycles. The second kappa shape index (κ2) is 2.80. The maximum absolute atomic E-state index is 10.9. The second-order valence-electron chi connectivity index (χ2n) is 2.63. The monoisotopic (exact) mass is 147 g/mol. The van der Waals surface area contributed by atoms with Crippen molar-refractivity contribution in [3.63, 3.8) is 0 Å². The van der Waals surface area contributed by atoms with Crippen molar-refractivity contribution in [1.29, 1.82) is 0 Å². The fourth-order valence-corrected chi connectivity index (χ4v) is 2.49. The Morgan fingerprint density at radius 3 is 2.44 bits per heavy atom. The molecule has 1 rings (SSSR count). The Morgan fingerprint density at radius 1 is 1.56 bits per heavy atom. The van der Waals surface area contributed by atoms with Crippen LogP contribution < -0.4 is 5.73 Å². The Labute approximate surface area is 58.3 Å². The number of hydrogen-bond donors (Lipinski definition) is 1. The normalized spacial score (nSPS) is 38.9. The van der Waals surface area contributed by atoms with Crippen molar-refractivity contribution in [1.82, 2.24) is 0 Å². The zero-order valence-electron chi connectivity index (χ0n) is 5.67. The summed E-state index contributed by atoms with van der Waals surface area (Å²) in [5.41, 5.74) is 5.69. The highest BCUT2D eigenvalue weighted by Crippen LogP contribution is 2.20. The lowest BCUT2D eigenvalue weighted by atomic mass is 10.3. The van der Waals surface area contributed by atoms with Gasteiger partial charge in [0.2, 0.25) is 0 Å². The van der Waals surface area contributed by atoms with Crippen LogP contribution in [0, 0.1) is 0 Å². The highest BCUT2D eigenvalue weighted by Gasteiger charge is 2.26. The molecule has 1 fully saturated rings. The van der Waals surface area contributed by atoms with E-state index in [-0.39, 0.29) is 11.3 Å². The molecule has 1 saturated carbocycles. The average Bonchev–Trinajstić information content (AvgIpc) is 2.13. The summed E-state index contributed by atoms with van der Waals surface area (Å²) in [6.45, 7) is 0. The van der Waals surface area contributed by atoms with Gasteiger partial charge in [-0.15, -0.1) is 0 Å². The highest BCUT2D eigenvalue weighted by molar-refractivity contribution is 7.85. The summed E-state index contributed by atoms with van der Waals surface area (Å²) in [6.07, 6.45) is 5.02. The van der Waals surface area contributed by atoms with Crippen molar-refractivity contribution in [2.24, 2.45) is 5.73 Å². The van der Waals surface area contributed by atoms with E-state index in [9.17, 15) is 4.21 Å². The molecule has 0 amide bonds. The standard InChI is InChI=1S/C6H13NOS/c1-9(8)6-4-2-3-5(6)7/h5-6H,2-4,7H2,1H3. The molecular weight excluding hydrogens is 134 g/mol. The molecule has 2 N–H and O–H groups in total. The van der Waals surface area contributed by atoms with Crippen LogP contribution in [0.2, 0.25) is 0 Å². The molecule has 54 valence electrons. The molecule has 1 aliphatic carbocycles. The minimum atomic E-state index is -0.696. The Balaban J connectivity index is 2.49. The van der Waals surface area contributed by atoms with Crippen LogP contribution in [0.4, 0.5) is 0 Å². The molecule has 0 heterocycles. The Bertz CT molecular complexity index is 126. The van der Waals surface area contributed by atoms with Crippen molar-refractivity contribution >= 4 is 10.8 Å². The SMILES string of the molecule is CS(=O)C1CCCC1N. The fraction of sp³-hybridized carbons (Fsp3) is 1.00. The van der Waals surface area contributed by atoms with E-state index < -0.39 is 10.8 Å². The van der Waals surface area contributed by atoms with Crippen molar-refractivity contribution in [3.8, 4) is 0 Å². The summed E-state index contributed by atoms with van der Waals surface area (Å²) in [6, 6.07) is 0.204. The predicted molar refractivity (Wildman–Crippen MR) is 39.7 cm³/mol. The van der Waals surface area contributed by atoms with Gasteiger partial charge in [-0.2, -0.15) is 0 Å². The average molecular weight is 147 g/mol. The molecule has 3 atom stereocenters. The summed E-state index contributed by atoms with van der Waals surface area (Å²) < 4.78 is 10.9. The van der Waals surface area contributed by atoms with Crippen LogP contribution in [0.5, 0.6) is 0 Å². The molecule has 0 aliphatic heterocycles. The van der Waals surface area contributed by atoms with Crippen LogP contribution >= 0.6 is 0 Å². The molecular formula is C6H13NOS. The lowest BCUT2D eigenvalue weighted by Gasteiger charge is -2.10. The van der Waals surface area contributed by atoms with Gasteiger partial charge in [0.05, 0.1) is 0 Å². The quantitative estimate of drug-likeness (QED) is 0.577. The van der Waals surface area contributed by atoms with E-state index in [1.54, 1.807) is 6.26 Å². The summed E-state index contributed by atoms with van der Waals surface area (Å²) in [7, 11) is -0.696. The van der Waals surface area contributed by atoms with E-state index in [4.69, 9.17) is 5.73 Å². The first-order valence-corrected chi connectivity index (χ1v) is 4.92. The maximum atomic E-state index is 10.9. The van der Waals surface area contributed by atoms with E-state index in [0.717, 1.165) is 19.3 Å². The van der Waals surface area contributed by atoms with Gasteiger partial charge in [-0.25, -0.2) is 0 Å². The second-order valence-corrected chi connectivity index (χ2v) is 4.23. The van der Waals surface area contributed by atoms with Crippen molar-refractivity contribution in [2.45, 2.75) is 30.6 Å². The Kier molecular flexibility index (Phi) is 2.24. The van der Waals surface area contributed by atoms with E-state index in [1.165, 1.54) is 0 Å². The lowest BCUT2D eigenvalue weighted by molar-refractivity contribution is 0.653. The third-order valence-corrected chi connectivity index (χ3v) is 3.37. The van der Waals surface area contributed by atoms with Crippen LogP contribution in [0.3, 0.4) is 0 Å². The molecule has 3 heteroatoms. The molecule has 0 aromatic carbocycles. The molecule has 0 radical (unpaired) electrons. The third-order valence-electron chi connectivity index (χ3n) is 1.93. The van der Waals surface area contributed by atoms with Crippen LogP contribution in [0.25, 0.3) is 0 Å². The van der Waals surface area contributed by atoms with Crippen LogP contribution in [-0.2, 0) is 10.8 Å². The van der Waals surface area contributed by atoms with Gasteiger partial charge in [-0.1, -0.05) is 6.42 Å². The van der Waals surface area contributed by atoms with Crippen LogP contribution in [0.15, 0.2) is 0 Å². The molecule has 2 nitrogen and oxygen atoms in total. The molecule has 0 bridgehead atoms. The van der Waals surface area contributed by atoms with Crippen LogP contribution in [-0.4, -0.2) is 21.8 Å². The summed E-state index contributed by atoms with van der Waals surface area (Å²) in [5, 5.41) is 0.282. The zero-order chi connectivity index (χ0) is 6.85. The summed E-state index contributed by atoms with van der Waals surface area (Å²) in [4.78, 5) is 0. The first-order valence-electron chi connectivity index (χ1n) is 3.29. The van der Waals surface area contributed by atoms with Gasteiger partial charge in [-0.3, -0.25) is 4.21 Å². The zero-order valence-corrected chi connectivity index (χ0v) is 6.49. The van der Waals surface area contributed by atoms with Gasteiger partial charge in [0.25, 0.3) is 0 Å². The summed E-state index contributed by atoms with van der Waals surface area (Å²) in [5.74, 6) is 0. The van der Waals surface area contributed by atoms with Crippen molar-refractivity contribution in [2.75, 3.05) is 6.26 Å². The van der Waals surface area contributed by atoms with E-state index in [0.29, 0.717) is 0 Å². The topological polar surface area (TPSA) is 43.1 Å². The van der Waals surface area contributed by atoms with E-state index in [1.807, 2.05) is 0 Å². The number of rotatable bonds is 1. The lowest BCUT2D eigenvalue weighted by Crippen LogP contribution is -2.31. The van der Waals surface area contributed by atoms with E-state index in [2.05, 4.69) is 0 Å². The van der Waals surface area contributed by atoms with Crippen molar-refractivity contribution in [3.05, 3.63) is 0 Å². The number of nitrogens with two attached hydrogens (primary N) is 1. The molecule has 0 aromatic heterocycles. The Hall–Kier alpha value is 0.110. The van der Waals surface area contributed by atoms with E-state index >= 15 is 0 Å². The van der Waals surface area contributed by atoms with Gasteiger partial charge in [0, 0.05) is 28.3 Å². The molecule has 0 aromatic rings. The first-order chi connectivity index (χ1) is 4.22. The minimum Gasteiger partial charge on any atom is -0.327 e. The highest BCUT2D eigenvalue weighted by atomic mass is 32.2. The molecule has 1 aliphatic rings. The first kappa shape index (κ1) is 7.22. The molecule has 9 heavy (non-hydrogen) atoms. The largest absolute Gasteiger partial charge is 0.327 e. The molecule has 0 spiro atoms. The predicted octanol–water partition coefficient (Wildman–Crippen LogP) is 0.245. The van der Waals surface area contributed by atoms with Gasteiger partial charge >= 0.3 is 0 Å². The fourth-order valence-electron chi connectivity index (χ4n) is 1.37. The number of hydrogen-bond acceptors (Lipinski definition) is 2.